The quantitative estimate of drug-likeness (QED) is 0.693. The van der Waals surface area contributed by atoms with Crippen LogP contribution in [-0.2, 0) is 16.1 Å². The molecule has 5 heteroatoms. The highest BCUT2D eigenvalue weighted by Crippen LogP contribution is 2.26. The van der Waals surface area contributed by atoms with E-state index in [0.717, 1.165) is 16.8 Å². The molecule has 1 aromatic heterocycles. The SMILES string of the molecule is COC(=O)Cn1nc(-c2cccc(C#N)c2)cc1-c1ccccc1. The van der Waals surface area contributed by atoms with Crippen molar-refractivity contribution in [1.82, 2.24) is 9.78 Å². The van der Waals surface area contributed by atoms with Gasteiger partial charge in [-0.1, -0.05) is 42.5 Å². The van der Waals surface area contributed by atoms with E-state index in [2.05, 4.69) is 11.2 Å². The Hall–Kier alpha value is -3.39. The summed E-state index contributed by atoms with van der Waals surface area (Å²) in [5.41, 5.74) is 3.87. The summed E-state index contributed by atoms with van der Waals surface area (Å²) in [5, 5.41) is 13.6. The lowest BCUT2D eigenvalue weighted by Crippen LogP contribution is -2.13. The third kappa shape index (κ3) is 3.18. The molecule has 0 fully saturated rings. The maximum Gasteiger partial charge on any atom is 0.327 e. The maximum atomic E-state index is 11.7. The third-order valence-corrected chi connectivity index (χ3v) is 3.64. The fourth-order valence-corrected chi connectivity index (χ4v) is 2.45. The minimum Gasteiger partial charge on any atom is -0.468 e. The van der Waals surface area contributed by atoms with Gasteiger partial charge in [-0.2, -0.15) is 10.4 Å². The van der Waals surface area contributed by atoms with Crippen LogP contribution in [0.5, 0.6) is 0 Å². The summed E-state index contributed by atoms with van der Waals surface area (Å²) in [6, 6.07) is 21.0. The van der Waals surface area contributed by atoms with Gasteiger partial charge in [-0.05, 0) is 23.8 Å². The number of esters is 1. The molecule has 0 atom stereocenters. The highest BCUT2D eigenvalue weighted by Gasteiger charge is 2.14. The minimum absolute atomic E-state index is 0.0265. The van der Waals surface area contributed by atoms with Crippen LogP contribution in [0.3, 0.4) is 0 Å². The summed E-state index contributed by atoms with van der Waals surface area (Å²) >= 11 is 0. The van der Waals surface area contributed by atoms with Gasteiger partial charge in [-0.15, -0.1) is 0 Å². The summed E-state index contributed by atoms with van der Waals surface area (Å²) in [6.07, 6.45) is 0. The van der Waals surface area contributed by atoms with E-state index in [1.54, 1.807) is 16.8 Å². The lowest BCUT2D eigenvalue weighted by molar-refractivity contribution is -0.141. The van der Waals surface area contributed by atoms with Crippen molar-refractivity contribution in [2.24, 2.45) is 0 Å². The van der Waals surface area contributed by atoms with Crippen molar-refractivity contribution in [2.75, 3.05) is 7.11 Å². The second-order valence-corrected chi connectivity index (χ2v) is 5.21. The summed E-state index contributed by atoms with van der Waals surface area (Å²) in [4.78, 5) is 11.7. The van der Waals surface area contributed by atoms with Gasteiger partial charge in [0.2, 0.25) is 0 Å². The van der Waals surface area contributed by atoms with Crippen LogP contribution in [0.15, 0.2) is 60.7 Å². The zero-order valence-corrected chi connectivity index (χ0v) is 13.1. The lowest BCUT2D eigenvalue weighted by Gasteiger charge is -2.05. The van der Waals surface area contributed by atoms with Crippen molar-refractivity contribution in [2.45, 2.75) is 6.54 Å². The van der Waals surface area contributed by atoms with Gasteiger partial charge in [-0.3, -0.25) is 9.48 Å². The fourth-order valence-electron chi connectivity index (χ4n) is 2.45. The molecule has 5 nitrogen and oxygen atoms in total. The zero-order valence-electron chi connectivity index (χ0n) is 13.1. The van der Waals surface area contributed by atoms with Crippen LogP contribution in [0.4, 0.5) is 0 Å². The van der Waals surface area contributed by atoms with Gasteiger partial charge in [0, 0.05) is 5.56 Å². The number of nitrogens with zero attached hydrogens (tertiary/aromatic N) is 3. The van der Waals surface area contributed by atoms with Crippen molar-refractivity contribution in [3.63, 3.8) is 0 Å². The number of hydrogen-bond acceptors (Lipinski definition) is 4. The first-order valence-corrected chi connectivity index (χ1v) is 7.42. The Bertz CT molecular complexity index is 908. The Labute approximate surface area is 139 Å². The molecule has 0 N–H and O–H groups in total. The van der Waals surface area contributed by atoms with Gasteiger partial charge >= 0.3 is 5.97 Å². The van der Waals surface area contributed by atoms with E-state index in [1.165, 1.54) is 7.11 Å². The minimum atomic E-state index is -0.368. The molecule has 2 aromatic carbocycles. The number of ether oxygens (including phenoxy) is 1. The molecule has 0 unspecified atom stereocenters. The highest BCUT2D eigenvalue weighted by molar-refractivity contribution is 5.73. The molecule has 0 aliphatic rings. The summed E-state index contributed by atoms with van der Waals surface area (Å²) in [5.74, 6) is -0.368. The Morgan fingerprint density at radius 2 is 1.88 bits per heavy atom. The van der Waals surface area contributed by atoms with Crippen LogP contribution in [0.2, 0.25) is 0 Å². The summed E-state index contributed by atoms with van der Waals surface area (Å²) in [7, 11) is 1.35. The third-order valence-electron chi connectivity index (χ3n) is 3.64. The topological polar surface area (TPSA) is 67.9 Å². The molecular formula is C19H15N3O2. The Morgan fingerprint density at radius 1 is 1.12 bits per heavy atom. The Kier molecular flexibility index (Phi) is 4.39. The van der Waals surface area contributed by atoms with Crippen molar-refractivity contribution < 1.29 is 9.53 Å². The van der Waals surface area contributed by atoms with E-state index in [0.29, 0.717) is 11.3 Å². The van der Waals surface area contributed by atoms with Gasteiger partial charge in [-0.25, -0.2) is 0 Å². The normalized spacial score (nSPS) is 10.2. The van der Waals surface area contributed by atoms with E-state index in [1.807, 2.05) is 48.5 Å². The molecule has 0 bridgehead atoms. The van der Waals surface area contributed by atoms with Crippen molar-refractivity contribution in [1.29, 1.82) is 5.26 Å². The van der Waals surface area contributed by atoms with E-state index in [9.17, 15) is 4.79 Å². The molecule has 24 heavy (non-hydrogen) atoms. The van der Waals surface area contributed by atoms with E-state index in [4.69, 9.17) is 10.00 Å². The molecule has 0 spiro atoms. The molecule has 0 aliphatic carbocycles. The Morgan fingerprint density at radius 3 is 2.58 bits per heavy atom. The number of carbonyl (C=O) groups excluding carboxylic acids is 1. The number of hydrogen-bond donors (Lipinski definition) is 0. The first-order chi connectivity index (χ1) is 11.7. The molecule has 118 valence electrons. The predicted molar refractivity (Wildman–Crippen MR) is 89.8 cm³/mol. The highest BCUT2D eigenvalue weighted by atomic mass is 16.5. The van der Waals surface area contributed by atoms with Crippen LogP contribution in [0, 0.1) is 11.3 Å². The van der Waals surface area contributed by atoms with Gasteiger partial charge in [0.05, 0.1) is 30.1 Å². The summed E-state index contributed by atoms with van der Waals surface area (Å²) in [6.45, 7) is 0.0265. The first kappa shape index (κ1) is 15.5. The average Bonchev–Trinajstić information content (AvgIpc) is 3.06. The standard InChI is InChI=1S/C19H15N3O2/c1-24-19(23)13-22-18(15-7-3-2-4-8-15)11-17(21-22)16-9-5-6-14(10-16)12-20/h2-11H,13H2,1H3. The van der Waals surface area contributed by atoms with Crippen LogP contribution in [-0.4, -0.2) is 22.9 Å². The second-order valence-electron chi connectivity index (χ2n) is 5.21. The zero-order chi connectivity index (χ0) is 16.9. The van der Waals surface area contributed by atoms with Crippen LogP contribution in [0.1, 0.15) is 5.56 Å². The number of carbonyl (C=O) groups is 1. The average molecular weight is 317 g/mol. The van der Waals surface area contributed by atoms with Gasteiger partial charge in [0.15, 0.2) is 0 Å². The van der Waals surface area contributed by atoms with Gasteiger partial charge in [0.25, 0.3) is 0 Å². The molecule has 0 aliphatic heterocycles. The van der Waals surface area contributed by atoms with Crippen molar-refractivity contribution >= 4 is 5.97 Å². The molecule has 0 saturated carbocycles. The fraction of sp³-hybridized carbons (Fsp3) is 0.105. The number of nitriles is 1. The van der Waals surface area contributed by atoms with Gasteiger partial charge < -0.3 is 4.74 Å². The van der Waals surface area contributed by atoms with Crippen molar-refractivity contribution in [3.05, 3.63) is 66.2 Å². The lowest BCUT2D eigenvalue weighted by atomic mass is 10.1. The molecule has 3 rings (SSSR count). The van der Waals surface area contributed by atoms with Crippen LogP contribution >= 0.6 is 0 Å². The molecule has 0 saturated heterocycles. The predicted octanol–water partition coefficient (Wildman–Crippen LogP) is 3.26. The first-order valence-electron chi connectivity index (χ1n) is 7.42. The van der Waals surface area contributed by atoms with Crippen molar-refractivity contribution in [3.8, 4) is 28.6 Å². The van der Waals surface area contributed by atoms with Gasteiger partial charge in [0.1, 0.15) is 6.54 Å². The Balaban J connectivity index is 2.09. The molecule has 0 amide bonds. The smallest absolute Gasteiger partial charge is 0.327 e. The van der Waals surface area contributed by atoms with Crippen LogP contribution < -0.4 is 0 Å². The number of aromatic nitrogens is 2. The van der Waals surface area contributed by atoms with Crippen LogP contribution in [0.25, 0.3) is 22.5 Å². The summed E-state index contributed by atoms with van der Waals surface area (Å²) < 4.78 is 6.37. The number of rotatable bonds is 4. The largest absolute Gasteiger partial charge is 0.468 e. The molecule has 1 heterocycles. The van der Waals surface area contributed by atoms with E-state index < -0.39 is 0 Å². The monoisotopic (exact) mass is 317 g/mol. The maximum absolute atomic E-state index is 11.7. The second kappa shape index (κ2) is 6.80. The molecule has 3 aromatic rings. The number of benzene rings is 2. The number of methoxy groups -OCH3 is 1. The van der Waals surface area contributed by atoms with E-state index >= 15 is 0 Å². The molecular weight excluding hydrogens is 302 g/mol. The van der Waals surface area contributed by atoms with E-state index in [-0.39, 0.29) is 12.5 Å². The molecule has 0 radical (unpaired) electrons.